The Morgan fingerprint density at radius 1 is 1.10 bits per heavy atom. The molecule has 0 aromatic heterocycles. The van der Waals surface area contributed by atoms with Crippen LogP contribution < -0.4 is 5.73 Å². The van der Waals surface area contributed by atoms with Crippen LogP contribution in [0.3, 0.4) is 0 Å². The highest BCUT2D eigenvalue weighted by Crippen LogP contribution is 2.42. The molecule has 2 fully saturated rings. The fourth-order valence-electron chi connectivity index (χ4n) is 4.03. The van der Waals surface area contributed by atoms with E-state index in [1.54, 1.807) is 20.8 Å². The molecule has 4 atom stereocenters. The van der Waals surface area contributed by atoms with Crippen molar-refractivity contribution < 1.29 is 28.5 Å². The van der Waals surface area contributed by atoms with Gasteiger partial charge in [0.2, 0.25) is 5.91 Å². The van der Waals surface area contributed by atoms with Gasteiger partial charge >= 0.3 is 6.09 Å². The second-order valence-electron chi connectivity index (χ2n) is 9.26. The summed E-state index contributed by atoms with van der Waals surface area (Å²) in [7, 11) is 0. The number of fused-ring (bicyclic) bond motifs is 1. The van der Waals surface area contributed by atoms with E-state index in [0.29, 0.717) is 6.61 Å². The van der Waals surface area contributed by atoms with Gasteiger partial charge in [0.05, 0.1) is 25.3 Å². The van der Waals surface area contributed by atoms with Crippen LogP contribution in [0.25, 0.3) is 0 Å². The zero-order valence-electron chi connectivity index (χ0n) is 18.3. The Balaban J connectivity index is 1.83. The minimum absolute atomic E-state index is 0.0466. The van der Waals surface area contributed by atoms with E-state index in [0.717, 1.165) is 5.56 Å². The molecule has 0 spiro atoms. The number of hydrogen-bond acceptors (Lipinski definition) is 6. The van der Waals surface area contributed by atoms with E-state index in [-0.39, 0.29) is 13.0 Å². The van der Waals surface area contributed by atoms with E-state index in [9.17, 15) is 9.59 Å². The maximum atomic E-state index is 13.1. The fraction of sp³-hybridized carbons (Fsp3) is 0.636. The molecule has 2 saturated heterocycles. The number of amides is 2. The molecule has 1 aromatic carbocycles. The van der Waals surface area contributed by atoms with Crippen LogP contribution >= 0.6 is 0 Å². The summed E-state index contributed by atoms with van der Waals surface area (Å²) in [4.78, 5) is 26.4. The average molecular weight is 421 g/mol. The first-order valence-corrected chi connectivity index (χ1v) is 10.2. The van der Waals surface area contributed by atoms with E-state index < -0.39 is 47.7 Å². The van der Waals surface area contributed by atoms with Gasteiger partial charge in [-0.15, -0.1) is 0 Å². The minimum Gasteiger partial charge on any atom is -0.444 e. The molecule has 0 radical (unpaired) electrons. The smallest absolute Gasteiger partial charge is 0.411 e. The summed E-state index contributed by atoms with van der Waals surface area (Å²) in [6.45, 7) is 9.61. The van der Waals surface area contributed by atoms with E-state index in [1.807, 2.05) is 44.2 Å². The lowest BCUT2D eigenvalue weighted by atomic mass is 10.1. The Hall–Kier alpha value is -2.16. The zero-order chi connectivity index (χ0) is 22.1. The fourth-order valence-corrected chi connectivity index (χ4v) is 4.03. The lowest BCUT2D eigenvalue weighted by molar-refractivity contribution is -0.170. The number of carbonyl (C=O) groups excluding carboxylic acids is 2. The van der Waals surface area contributed by atoms with Crippen LogP contribution in [0.1, 0.15) is 46.6 Å². The van der Waals surface area contributed by atoms with Crippen molar-refractivity contribution in [3.63, 3.8) is 0 Å². The molecule has 3 rings (SSSR count). The van der Waals surface area contributed by atoms with Crippen molar-refractivity contribution in [3.05, 3.63) is 35.9 Å². The lowest BCUT2D eigenvalue weighted by Crippen LogP contribution is -2.50. The van der Waals surface area contributed by atoms with Crippen LogP contribution in [0.2, 0.25) is 0 Å². The van der Waals surface area contributed by atoms with Gasteiger partial charge in [-0.2, -0.15) is 0 Å². The summed E-state index contributed by atoms with van der Waals surface area (Å²) in [5.41, 5.74) is 5.82. The maximum absolute atomic E-state index is 13.1. The number of hydrogen-bond donors (Lipinski definition) is 1. The predicted molar refractivity (Wildman–Crippen MR) is 109 cm³/mol. The molecule has 8 heteroatoms. The standard InChI is InChI=1S/C22H32N2O6/c1-21(2,3)30-20(26)24-15(11-17(23)25)18-19(29-22(4,5)28-18)16(24)13-27-12-14-9-7-6-8-10-14/h6-10,15-16,18-19H,11-13H2,1-5H3,(H2,23,25)/t15?,16-,18+,19-/m1/s1. The van der Waals surface area contributed by atoms with E-state index in [1.165, 1.54) is 4.90 Å². The van der Waals surface area contributed by atoms with E-state index in [4.69, 9.17) is 24.7 Å². The lowest BCUT2D eigenvalue weighted by Gasteiger charge is -2.35. The molecule has 0 aliphatic carbocycles. The number of likely N-dealkylation sites (tertiary alicyclic amines) is 1. The third kappa shape index (κ3) is 5.30. The molecular formula is C22H32N2O6. The van der Waals surface area contributed by atoms with Crippen LogP contribution in [0.15, 0.2) is 30.3 Å². The number of rotatable bonds is 6. The van der Waals surface area contributed by atoms with Crippen molar-refractivity contribution in [3.8, 4) is 0 Å². The SMILES string of the molecule is CC(C)(C)OC(=O)N1C(CC(N)=O)[C@@H]2OC(C)(C)O[C@@H]2[C@H]1COCc1ccccc1. The van der Waals surface area contributed by atoms with Crippen LogP contribution in [-0.2, 0) is 30.3 Å². The Bertz CT molecular complexity index is 761. The molecule has 2 N–H and O–H groups in total. The molecule has 2 heterocycles. The molecule has 1 unspecified atom stereocenters. The summed E-state index contributed by atoms with van der Waals surface area (Å²) < 4.78 is 23.7. The quantitative estimate of drug-likeness (QED) is 0.759. The first kappa shape index (κ1) is 22.5. The Morgan fingerprint density at radius 3 is 2.27 bits per heavy atom. The predicted octanol–water partition coefficient (Wildman–Crippen LogP) is 2.59. The molecule has 8 nitrogen and oxygen atoms in total. The average Bonchev–Trinajstić information content (AvgIpc) is 3.06. The molecule has 2 aliphatic rings. The summed E-state index contributed by atoms with van der Waals surface area (Å²) in [6, 6.07) is 8.70. The zero-order valence-corrected chi connectivity index (χ0v) is 18.3. The normalized spacial score (nSPS) is 27.7. The van der Waals surface area contributed by atoms with E-state index in [2.05, 4.69) is 0 Å². The van der Waals surface area contributed by atoms with Gasteiger partial charge in [0, 0.05) is 6.42 Å². The van der Waals surface area contributed by atoms with Gasteiger partial charge in [-0.1, -0.05) is 30.3 Å². The topological polar surface area (TPSA) is 100 Å². The molecule has 0 saturated carbocycles. The van der Waals surface area contributed by atoms with Gasteiger partial charge in [0.1, 0.15) is 17.8 Å². The van der Waals surface area contributed by atoms with Crippen LogP contribution in [-0.4, -0.2) is 59.2 Å². The second-order valence-corrected chi connectivity index (χ2v) is 9.26. The summed E-state index contributed by atoms with van der Waals surface area (Å²) >= 11 is 0. The summed E-state index contributed by atoms with van der Waals surface area (Å²) in [6.07, 6.45) is -1.53. The van der Waals surface area contributed by atoms with Crippen molar-refractivity contribution >= 4 is 12.0 Å². The first-order chi connectivity index (χ1) is 14.0. The summed E-state index contributed by atoms with van der Waals surface area (Å²) in [5, 5.41) is 0. The van der Waals surface area contributed by atoms with Crippen molar-refractivity contribution in [2.75, 3.05) is 6.61 Å². The van der Waals surface area contributed by atoms with Crippen molar-refractivity contribution in [2.24, 2.45) is 5.73 Å². The summed E-state index contributed by atoms with van der Waals surface area (Å²) in [5.74, 6) is -1.35. The first-order valence-electron chi connectivity index (χ1n) is 10.2. The highest BCUT2D eigenvalue weighted by atomic mass is 16.8. The molecule has 0 bridgehead atoms. The second kappa shape index (κ2) is 8.53. The third-order valence-corrected chi connectivity index (χ3v) is 5.05. The van der Waals surface area contributed by atoms with Crippen LogP contribution in [0.4, 0.5) is 4.79 Å². The van der Waals surface area contributed by atoms with Gasteiger partial charge in [-0.05, 0) is 40.2 Å². The van der Waals surface area contributed by atoms with Gasteiger partial charge in [0.25, 0.3) is 0 Å². The number of ether oxygens (including phenoxy) is 4. The molecule has 2 aliphatic heterocycles. The Kier molecular flexibility index (Phi) is 6.40. The van der Waals surface area contributed by atoms with E-state index >= 15 is 0 Å². The minimum atomic E-state index is -0.830. The number of nitrogens with two attached hydrogens (primary N) is 1. The highest BCUT2D eigenvalue weighted by Gasteiger charge is 2.60. The van der Waals surface area contributed by atoms with Gasteiger partial charge in [0.15, 0.2) is 5.79 Å². The maximum Gasteiger partial charge on any atom is 0.411 e. The van der Waals surface area contributed by atoms with Crippen molar-refractivity contribution in [2.45, 2.75) is 83.3 Å². The third-order valence-electron chi connectivity index (χ3n) is 5.05. The Labute approximate surface area is 177 Å². The van der Waals surface area contributed by atoms with Gasteiger partial charge in [-0.3, -0.25) is 9.69 Å². The number of primary amides is 1. The molecule has 2 amide bonds. The molecule has 30 heavy (non-hydrogen) atoms. The molecule has 166 valence electrons. The number of carbonyl (C=O) groups is 2. The number of nitrogens with zero attached hydrogens (tertiary/aromatic N) is 1. The number of benzene rings is 1. The van der Waals surface area contributed by atoms with Crippen LogP contribution in [0.5, 0.6) is 0 Å². The molecule has 1 aromatic rings. The van der Waals surface area contributed by atoms with Gasteiger partial charge < -0.3 is 24.7 Å². The Morgan fingerprint density at radius 2 is 1.70 bits per heavy atom. The van der Waals surface area contributed by atoms with Crippen molar-refractivity contribution in [1.82, 2.24) is 4.90 Å². The van der Waals surface area contributed by atoms with Crippen LogP contribution in [0, 0.1) is 0 Å². The largest absolute Gasteiger partial charge is 0.444 e. The van der Waals surface area contributed by atoms with Gasteiger partial charge in [-0.25, -0.2) is 4.79 Å². The highest BCUT2D eigenvalue weighted by molar-refractivity contribution is 5.77. The van der Waals surface area contributed by atoms with Crippen molar-refractivity contribution in [1.29, 1.82) is 0 Å². The monoisotopic (exact) mass is 420 g/mol. The molecular weight excluding hydrogens is 388 g/mol.